The highest BCUT2D eigenvalue weighted by Crippen LogP contribution is 2.21. The molecule has 5 nitrogen and oxygen atoms in total. The van der Waals surface area contributed by atoms with E-state index in [-0.39, 0.29) is 17.0 Å². The summed E-state index contributed by atoms with van der Waals surface area (Å²) in [4.78, 5) is 10.6. The van der Waals surface area contributed by atoms with Crippen molar-refractivity contribution in [1.82, 2.24) is 5.16 Å². The number of aromatic nitrogens is 1. The van der Waals surface area contributed by atoms with E-state index in [0.717, 1.165) is 6.07 Å². The van der Waals surface area contributed by atoms with Gasteiger partial charge in [-0.05, 0) is 18.2 Å². The summed E-state index contributed by atoms with van der Waals surface area (Å²) in [6, 6.07) is 6.67. The van der Waals surface area contributed by atoms with Crippen LogP contribution >= 0.6 is 0 Å². The number of carbonyl (C=O) groups is 1. The Hall–Kier alpha value is -2.68. The molecule has 0 aliphatic heterocycles. The molecule has 0 spiro atoms. The zero-order valence-electron chi connectivity index (χ0n) is 8.35. The van der Waals surface area contributed by atoms with Crippen LogP contribution in [0.15, 0.2) is 28.8 Å². The average molecular weight is 232 g/mol. The van der Waals surface area contributed by atoms with Gasteiger partial charge in [-0.1, -0.05) is 5.16 Å². The van der Waals surface area contributed by atoms with E-state index in [2.05, 4.69) is 9.68 Å². The van der Waals surface area contributed by atoms with Gasteiger partial charge in [-0.2, -0.15) is 5.26 Å². The number of carboxylic acids is 1. The third-order valence-electron chi connectivity index (χ3n) is 2.10. The van der Waals surface area contributed by atoms with Gasteiger partial charge in [0.15, 0.2) is 0 Å². The Morgan fingerprint density at radius 2 is 2.24 bits per heavy atom. The van der Waals surface area contributed by atoms with Crippen molar-refractivity contribution in [3.05, 3.63) is 41.4 Å². The van der Waals surface area contributed by atoms with Gasteiger partial charge in [0.1, 0.15) is 17.6 Å². The molecule has 2 aromatic rings. The quantitative estimate of drug-likeness (QED) is 0.856. The topological polar surface area (TPSA) is 87.1 Å². The molecule has 0 fully saturated rings. The number of halogens is 1. The Kier molecular flexibility index (Phi) is 2.58. The number of aromatic carboxylic acids is 1. The second-order valence-electron chi connectivity index (χ2n) is 3.19. The number of hydrogen-bond donors (Lipinski definition) is 1. The van der Waals surface area contributed by atoms with Crippen LogP contribution in [0.25, 0.3) is 11.3 Å². The zero-order chi connectivity index (χ0) is 12.4. The van der Waals surface area contributed by atoms with Gasteiger partial charge in [-0.25, -0.2) is 9.18 Å². The molecule has 0 aliphatic rings. The second-order valence-corrected chi connectivity index (χ2v) is 3.19. The van der Waals surface area contributed by atoms with Crippen LogP contribution < -0.4 is 0 Å². The summed E-state index contributed by atoms with van der Waals surface area (Å²) in [7, 11) is 0. The SMILES string of the molecule is N#Cc1cc(-c2cc(C(=O)O)on2)ccc1F. The number of carboxylic acid groups (broad SMARTS) is 1. The third-order valence-corrected chi connectivity index (χ3v) is 2.10. The van der Waals surface area contributed by atoms with Gasteiger partial charge >= 0.3 is 5.97 Å². The molecule has 0 aliphatic carbocycles. The van der Waals surface area contributed by atoms with Gasteiger partial charge in [0, 0.05) is 11.6 Å². The van der Waals surface area contributed by atoms with Crippen LogP contribution in [-0.2, 0) is 0 Å². The lowest BCUT2D eigenvalue weighted by molar-refractivity contribution is 0.0652. The van der Waals surface area contributed by atoms with Gasteiger partial charge in [0.25, 0.3) is 0 Å². The predicted molar refractivity (Wildman–Crippen MR) is 53.6 cm³/mol. The number of nitriles is 1. The Balaban J connectivity index is 2.46. The first kappa shape index (κ1) is 10.8. The van der Waals surface area contributed by atoms with Crippen molar-refractivity contribution >= 4 is 5.97 Å². The van der Waals surface area contributed by atoms with Crippen molar-refractivity contribution in [2.45, 2.75) is 0 Å². The molecule has 6 heteroatoms. The first-order valence-electron chi connectivity index (χ1n) is 4.52. The minimum atomic E-state index is -1.24. The van der Waals surface area contributed by atoms with Gasteiger partial charge < -0.3 is 9.63 Å². The van der Waals surface area contributed by atoms with Crippen LogP contribution in [0.5, 0.6) is 0 Å². The number of nitrogens with zero attached hydrogens (tertiary/aromatic N) is 2. The first-order valence-corrected chi connectivity index (χ1v) is 4.52. The highest BCUT2D eigenvalue weighted by atomic mass is 19.1. The van der Waals surface area contributed by atoms with Crippen LogP contribution in [-0.4, -0.2) is 16.2 Å². The minimum absolute atomic E-state index is 0.137. The van der Waals surface area contributed by atoms with Gasteiger partial charge in [0.2, 0.25) is 5.76 Å². The van der Waals surface area contributed by atoms with Crippen molar-refractivity contribution in [3.63, 3.8) is 0 Å². The molecule has 0 unspecified atom stereocenters. The van der Waals surface area contributed by atoms with E-state index < -0.39 is 11.8 Å². The summed E-state index contributed by atoms with van der Waals surface area (Å²) in [6.45, 7) is 0. The van der Waals surface area contributed by atoms with Crippen LogP contribution in [0.2, 0.25) is 0 Å². The van der Waals surface area contributed by atoms with Crippen LogP contribution in [0.4, 0.5) is 4.39 Å². The van der Waals surface area contributed by atoms with Crippen molar-refractivity contribution in [3.8, 4) is 17.3 Å². The Labute approximate surface area is 94.7 Å². The van der Waals surface area contributed by atoms with Crippen LogP contribution in [0.3, 0.4) is 0 Å². The van der Waals surface area contributed by atoms with E-state index >= 15 is 0 Å². The third kappa shape index (κ3) is 1.99. The Morgan fingerprint density at radius 1 is 1.47 bits per heavy atom. The number of hydrogen-bond acceptors (Lipinski definition) is 4. The molecule has 17 heavy (non-hydrogen) atoms. The van der Waals surface area contributed by atoms with Gasteiger partial charge in [-0.3, -0.25) is 0 Å². The first-order chi connectivity index (χ1) is 8.11. The molecule has 0 saturated heterocycles. The van der Waals surface area contributed by atoms with Crippen LogP contribution in [0, 0.1) is 17.1 Å². The van der Waals surface area contributed by atoms with Crippen LogP contribution in [0.1, 0.15) is 16.1 Å². The molecule has 1 aromatic carbocycles. The highest BCUT2D eigenvalue weighted by molar-refractivity contribution is 5.85. The smallest absolute Gasteiger partial charge is 0.374 e. The summed E-state index contributed by atoms with van der Waals surface area (Å²) in [5, 5.41) is 20.8. The molecule has 2 rings (SSSR count). The maximum absolute atomic E-state index is 13.1. The largest absolute Gasteiger partial charge is 0.475 e. The van der Waals surface area contributed by atoms with E-state index in [1.54, 1.807) is 6.07 Å². The lowest BCUT2D eigenvalue weighted by Crippen LogP contribution is -1.91. The van der Waals surface area contributed by atoms with E-state index in [4.69, 9.17) is 10.4 Å². The number of rotatable bonds is 2. The summed E-state index contributed by atoms with van der Waals surface area (Å²) < 4.78 is 17.6. The summed E-state index contributed by atoms with van der Waals surface area (Å²) >= 11 is 0. The van der Waals surface area contributed by atoms with Crippen molar-refractivity contribution in [1.29, 1.82) is 5.26 Å². The predicted octanol–water partition coefficient (Wildman–Crippen LogP) is 2.05. The molecule has 1 N–H and O–H groups in total. The molecule has 0 saturated carbocycles. The van der Waals surface area contributed by atoms with Crippen molar-refractivity contribution < 1.29 is 18.8 Å². The van der Waals surface area contributed by atoms with Crippen molar-refractivity contribution in [2.24, 2.45) is 0 Å². The van der Waals surface area contributed by atoms with E-state index in [0.29, 0.717) is 5.56 Å². The molecular weight excluding hydrogens is 227 g/mol. The van der Waals surface area contributed by atoms with Crippen molar-refractivity contribution in [2.75, 3.05) is 0 Å². The normalized spacial score (nSPS) is 9.88. The van der Waals surface area contributed by atoms with E-state index in [9.17, 15) is 9.18 Å². The number of benzene rings is 1. The average Bonchev–Trinajstić information content (AvgIpc) is 2.79. The summed E-state index contributed by atoms with van der Waals surface area (Å²) in [5.74, 6) is -2.20. The monoisotopic (exact) mass is 232 g/mol. The van der Waals surface area contributed by atoms with E-state index in [1.807, 2.05) is 0 Å². The summed E-state index contributed by atoms with van der Waals surface area (Å²) in [5.41, 5.74) is 0.514. The Bertz CT molecular complexity index is 628. The fourth-order valence-electron chi connectivity index (χ4n) is 1.28. The lowest BCUT2D eigenvalue weighted by Gasteiger charge is -1.96. The molecule has 0 atom stereocenters. The fraction of sp³-hybridized carbons (Fsp3) is 0. The highest BCUT2D eigenvalue weighted by Gasteiger charge is 2.13. The molecular formula is C11H5FN2O3. The standard InChI is InChI=1S/C11H5FN2O3/c12-8-2-1-6(3-7(8)5-13)9-4-10(11(15)16)17-14-9/h1-4H,(H,15,16). The Morgan fingerprint density at radius 3 is 2.82 bits per heavy atom. The zero-order valence-corrected chi connectivity index (χ0v) is 8.35. The van der Waals surface area contributed by atoms with Gasteiger partial charge in [0.05, 0.1) is 5.56 Å². The van der Waals surface area contributed by atoms with E-state index in [1.165, 1.54) is 18.2 Å². The maximum atomic E-state index is 13.1. The maximum Gasteiger partial charge on any atom is 0.374 e. The molecule has 1 aromatic heterocycles. The van der Waals surface area contributed by atoms with Gasteiger partial charge in [-0.15, -0.1) is 0 Å². The molecule has 0 bridgehead atoms. The molecule has 0 amide bonds. The lowest BCUT2D eigenvalue weighted by atomic mass is 10.1. The molecule has 1 heterocycles. The molecule has 84 valence electrons. The minimum Gasteiger partial charge on any atom is -0.475 e. The summed E-state index contributed by atoms with van der Waals surface area (Å²) in [6.07, 6.45) is 0. The second kappa shape index (κ2) is 4.06. The fourth-order valence-corrected chi connectivity index (χ4v) is 1.28. The molecule has 0 radical (unpaired) electrons.